The number of ether oxygens (including phenoxy) is 1. The second-order valence-corrected chi connectivity index (χ2v) is 4.95. The third-order valence-electron chi connectivity index (χ3n) is 3.42. The lowest BCUT2D eigenvalue weighted by atomic mass is 9.98. The van der Waals surface area contributed by atoms with Crippen molar-refractivity contribution in [3.63, 3.8) is 0 Å². The van der Waals surface area contributed by atoms with Crippen LogP contribution in [0.15, 0.2) is 42.5 Å². The van der Waals surface area contributed by atoms with Gasteiger partial charge in [0.05, 0.1) is 5.69 Å². The highest BCUT2D eigenvalue weighted by Gasteiger charge is 2.10. The Bertz CT molecular complexity index is 554. The molecule has 0 aliphatic carbocycles. The molecule has 0 saturated carbocycles. The van der Waals surface area contributed by atoms with Gasteiger partial charge in [0.25, 0.3) is 0 Å². The van der Waals surface area contributed by atoms with E-state index in [1.165, 1.54) is 5.56 Å². The number of rotatable bonds is 6. The van der Waals surface area contributed by atoms with Crippen LogP contribution in [0, 0.1) is 0 Å². The second kappa shape index (κ2) is 7.06. The maximum Gasteiger partial charge on any atom is 0.219 e. The molecule has 1 aromatic carbocycles. The van der Waals surface area contributed by atoms with Crippen LogP contribution >= 0.6 is 0 Å². The molecule has 0 spiro atoms. The van der Waals surface area contributed by atoms with Gasteiger partial charge in [-0.15, -0.1) is 0 Å². The molecule has 1 unspecified atom stereocenters. The first-order valence-corrected chi connectivity index (χ1v) is 7.12. The lowest BCUT2D eigenvalue weighted by molar-refractivity contribution is 0.449. The zero-order valence-corrected chi connectivity index (χ0v) is 12.4. The van der Waals surface area contributed by atoms with Crippen LogP contribution in [0.3, 0.4) is 0 Å². The van der Waals surface area contributed by atoms with Crippen LogP contribution in [0.25, 0.3) is 0 Å². The summed E-state index contributed by atoms with van der Waals surface area (Å²) in [6, 6.07) is 14.0. The van der Waals surface area contributed by atoms with Crippen molar-refractivity contribution >= 4 is 0 Å². The fourth-order valence-corrected chi connectivity index (χ4v) is 2.11. The molecule has 0 radical (unpaired) electrons. The molecular formula is C17H22N2O. The number of aromatic nitrogens is 1. The Kier molecular flexibility index (Phi) is 5.13. The van der Waals surface area contributed by atoms with Crippen LogP contribution in [0.1, 0.15) is 37.4 Å². The van der Waals surface area contributed by atoms with E-state index < -0.39 is 0 Å². The minimum absolute atomic E-state index is 0.478. The van der Waals surface area contributed by atoms with E-state index in [9.17, 15) is 0 Å². The second-order valence-electron chi connectivity index (χ2n) is 4.95. The molecule has 106 valence electrons. The van der Waals surface area contributed by atoms with Gasteiger partial charge in [0.1, 0.15) is 5.75 Å². The number of hydrogen-bond acceptors (Lipinski definition) is 3. The molecule has 1 heterocycles. The fourth-order valence-electron chi connectivity index (χ4n) is 2.11. The predicted octanol–water partition coefficient (Wildman–Crippen LogP) is 4.11. The summed E-state index contributed by atoms with van der Waals surface area (Å²) in [5.74, 6) is 2.02. The topological polar surface area (TPSA) is 34.1 Å². The molecule has 1 atom stereocenters. The maximum absolute atomic E-state index is 5.98. The average molecular weight is 270 g/mol. The van der Waals surface area contributed by atoms with Gasteiger partial charge < -0.3 is 10.1 Å². The molecule has 2 aromatic rings. The van der Waals surface area contributed by atoms with E-state index in [0.717, 1.165) is 24.4 Å². The van der Waals surface area contributed by atoms with Crippen LogP contribution in [0.2, 0.25) is 0 Å². The van der Waals surface area contributed by atoms with Crippen molar-refractivity contribution in [2.24, 2.45) is 0 Å². The van der Waals surface area contributed by atoms with E-state index in [1.54, 1.807) is 0 Å². The molecule has 0 bridgehead atoms. The summed E-state index contributed by atoms with van der Waals surface area (Å²) in [7, 11) is 1.91. The van der Waals surface area contributed by atoms with Crippen molar-refractivity contribution < 1.29 is 4.74 Å². The highest BCUT2D eigenvalue weighted by molar-refractivity contribution is 5.38. The van der Waals surface area contributed by atoms with Crippen LogP contribution in [-0.2, 0) is 6.54 Å². The summed E-state index contributed by atoms with van der Waals surface area (Å²) in [4.78, 5) is 4.50. The number of hydrogen-bond donors (Lipinski definition) is 1. The Hall–Kier alpha value is -1.87. The standard InChI is InChI=1S/C17H22N2O/c1-4-13(2)15-9-5-6-10-16(15)20-17-11-7-8-14(19-17)12-18-3/h5-11,13,18H,4,12H2,1-3H3. The quantitative estimate of drug-likeness (QED) is 0.857. The summed E-state index contributed by atoms with van der Waals surface area (Å²) < 4.78 is 5.98. The third-order valence-corrected chi connectivity index (χ3v) is 3.42. The largest absolute Gasteiger partial charge is 0.439 e. The maximum atomic E-state index is 5.98. The monoisotopic (exact) mass is 270 g/mol. The van der Waals surface area contributed by atoms with Crippen molar-refractivity contribution in [2.75, 3.05) is 7.05 Å². The van der Waals surface area contributed by atoms with Gasteiger partial charge in [0.15, 0.2) is 0 Å². The Morgan fingerprint density at radius 2 is 1.95 bits per heavy atom. The van der Waals surface area contributed by atoms with Crippen molar-refractivity contribution in [1.82, 2.24) is 10.3 Å². The fraction of sp³-hybridized carbons (Fsp3) is 0.353. The van der Waals surface area contributed by atoms with Crippen molar-refractivity contribution in [3.8, 4) is 11.6 Å². The first-order chi connectivity index (χ1) is 9.74. The van der Waals surface area contributed by atoms with Gasteiger partial charge in [0, 0.05) is 12.6 Å². The molecule has 2 rings (SSSR count). The Balaban J connectivity index is 2.23. The van der Waals surface area contributed by atoms with E-state index in [4.69, 9.17) is 4.74 Å². The molecule has 3 nitrogen and oxygen atoms in total. The molecule has 3 heteroatoms. The van der Waals surface area contributed by atoms with Gasteiger partial charge in [-0.2, -0.15) is 0 Å². The van der Waals surface area contributed by atoms with Crippen LogP contribution < -0.4 is 10.1 Å². The first kappa shape index (κ1) is 14.5. The first-order valence-electron chi connectivity index (χ1n) is 7.12. The van der Waals surface area contributed by atoms with Crippen LogP contribution in [0.4, 0.5) is 0 Å². The highest BCUT2D eigenvalue weighted by atomic mass is 16.5. The minimum atomic E-state index is 0.478. The summed E-state index contributed by atoms with van der Waals surface area (Å²) in [6.45, 7) is 5.14. The lowest BCUT2D eigenvalue weighted by Crippen LogP contribution is -2.07. The Morgan fingerprint density at radius 1 is 1.15 bits per heavy atom. The van der Waals surface area contributed by atoms with E-state index in [-0.39, 0.29) is 0 Å². The summed E-state index contributed by atoms with van der Waals surface area (Å²) in [6.07, 6.45) is 1.09. The zero-order valence-electron chi connectivity index (χ0n) is 12.4. The van der Waals surface area contributed by atoms with Gasteiger partial charge >= 0.3 is 0 Å². The van der Waals surface area contributed by atoms with Gasteiger partial charge in [-0.05, 0) is 37.1 Å². The molecule has 1 N–H and O–H groups in total. The number of nitrogens with zero attached hydrogens (tertiary/aromatic N) is 1. The molecule has 20 heavy (non-hydrogen) atoms. The lowest BCUT2D eigenvalue weighted by Gasteiger charge is -2.15. The average Bonchev–Trinajstić information content (AvgIpc) is 2.48. The molecule has 0 amide bonds. The van der Waals surface area contributed by atoms with Crippen molar-refractivity contribution in [1.29, 1.82) is 0 Å². The zero-order chi connectivity index (χ0) is 14.4. The molecule has 0 aliphatic rings. The summed E-state index contributed by atoms with van der Waals surface area (Å²) in [5.41, 5.74) is 2.21. The van der Waals surface area contributed by atoms with Crippen molar-refractivity contribution in [2.45, 2.75) is 32.7 Å². The SMILES string of the molecule is CCC(C)c1ccccc1Oc1cccc(CNC)n1. The van der Waals surface area contributed by atoms with Crippen LogP contribution in [0.5, 0.6) is 11.6 Å². The Labute approximate surface area is 121 Å². The number of nitrogens with one attached hydrogen (secondary N) is 1. The molecule has 0 aliphatic heterocycles. The summed E-state index contributed by atoms with van der Waals surface area (Å²) >= 11 is 0. The molecule has 0 saturated heterocycles. The third kappa shape index (κ3) is 3.58. The normalized spacial score (nSPS) is 12.2. The smallest absolute Gasteiger partial charge is 0.219 e. The van der Waals surface area contributed by atoms with E-state index >= 15 is 0 Å². The molecule has 1 aromatic heterocycles. The number of benzene rings is 1. The number of pyridine rings is 1. The van der Waals surface area contributed by atoms with E-state index in [1.807, 2.05) is 37.4 Å². The number of para-hydroxylation sites is 1. The van der Waals surface area contributed by atoms with Gasteiger partial charge in [-0.1, -0.05) is 38.1 Å². The van der Waals surface area contributed by atoms with E-state index in [2.05, 4.69) is 36.3 Å². The van der Waals surface area contributed by atoms with Gasteiger partial charge in [-0.25, -0.2) is 4.98 Å². The van der Waals surface area contributed by atoms with Crippen molar-refractivity contribution in [3.05, 3.63) is 53.7 Å². The highest BCUT2D eigenvalue weighted by Crippen LogP contribution is 2.31. The minimum Gasteiger partial charge on any atom is -0.439 e. The molecular weight excluding hydrogens is 248 g/mol. The Morgan fingerprint density at radius 3 is 2.70 bits per heavy atom. The molecule has 0 fully saturated rings. The summed E-state index contributed by atoms with van der Waals surface area (Å²) in [5, 5.41) is 3.10. The van der Waals surface area contributed by atoms with Gasteiger partial charge in [0.2, 0.25) is 5.88 Å². The van der Waals surface area contributed by atoms with E-state index in [0.29, 0.717) is 11.8 Å². The van der Waals surface area contributed by atoms with Gasteiger partial charge in [-0.3, -0.25) is 0 Å². The van der Waals surface area contributed by atoms with Crippen LogP contribution in [-0.4, -0.2) is 12.0 Å². The predicted molar refractivity (Wildman–Crippen MR) is 82.2 cm³/mol.